The molecule has 1 aromatic carbocycles. The predicted octanol–water partition coefficient (Wildman–Crippen LogP) is 3.07. The topological polar surface area (TPSA) is 54.5 Å². The van der Waals surface area contributed by atoms with E-state index in [1.165, 1.54) is 0 Å². The van der Waals surface area contributed by atoms with Gasteiger partial charge in [-0.2, -0.15) is 0 Å². The normalized spacial score (nSPS) is 17.8. The number of nitrogens with zero attached hydrogens (tertiary/aromatic N) is 2. The third-order valence-electron chi connectivity index (χ3n) is 3.76. The quantitative estimate of drug-likeness (QED) is 0.895. The number of piperazine rings is 1. The summed E-state index contributed by atoms with van der Waals surface area (Å²) >= 11 is 3.40. The van der Waals surface area contributed by atoms with E-state index in [1.54, 1.807) is 18.3 Å². The second-order valence-corrected chi connectivity index (χ2v) is 6.41. The van der Waals surface area contributed by atoms with E-state index in [-0.39, 0.29) is 11.9 Å². The molecule has 120 valence electrons. The van der Waals surface area contributed by atoms with Gasteiger partial charge in [-0.05, 0) is 31.2 Å². The second-order valence-electron chi connectivity index (χ2n) is 5.50. The van der Waals surface area contributed by atoms with Gasteiger partial charge in [0.05, 0.1) is 5.56 Å². The monoisotopic (exact) mass is 375 g/mol. The number of pyridine rings is 1. The maximum atomic E-state index is 12.5. The lowest BCUT2D eigenvalue weighted by atomic mass is 10.1. The SMILES string of the molecule is C[C@@H]1CNCCN1C(=O)c1ccc(Oc2cccc(Br)c2)nc1. The summed E-state index contributed by atoms with van der Waals surface area (Å²) in [5, 5.41) is 3.28. The Balaban J connectivity index is 1.70. The van der Waals surface area contributed by atoms with E-state index >= 15 is 0 Å². The first kappa shape index (κ1) is 16.0. The van der Waals surface area contributed by atoms with E-state index in [0.717, 1.165) is 24.1 Å². The van der Waals surface area contributed by atoms with Crippen molar-refractivity contribution in [2.75, 3.05) is 19.6 Å². The molecule has 0 bridgehead atoms. The summed E-state index contributed by atoms with van der Waals surface area (Å²) in [5.41, 5.74) is 0.584. The van der Waals surface area contributed by atoms with Gasteiger partial charge >= 0.3 is 0 Å². The largest absolute Gasteiger partial charge is 0.439 e. The molecule has 1 aromatic heterocycles. The fraction of sp³-hybridized carbons (Fsp3) is 0.294. The fourth-order valence-electron chi connectivity index (χ4n) is 2.53. The van der Waals surface area contributed by atoms with Gasteiger partial charge < -0.3 is 15.0 Å². The highest BCUT2D eigenvalue weighted by Gasteiger charge is 2.24. The van der Waals surface area contributed by atoms with Crippen LogP contribution in [0, 0.1) is 0 Å². The van der Waals surface area contributed by atoms with Crippen LogP contribution in [0.4, 0.5) is 0 Å². The van der Waals surface area contributed by atoms with E-state index in [2.05, 4.69) is 26.2 Å². The van der Waals surface area contributed by atoms with Crippen molar-refractivity contribution < 1.29 is 9.53 Å². The Bertz CT molecular complexity index is 690. The van der Waals surface area contributed by atoms with Crippen molar-refractivity contribution in [1.29, 1.82) is 0 Å². The minimum atomic E-state index is 0.0144. The number of nitrogens with one attached hydrogen (secondary N) is 1. The number of carbonyl (C=O) groups is 1. The van der Waals surface area contributed by atoms with Crippen LogP contribution in [0.25, 0.3) is 0 Å². The first-order valence-electron chi connectivity index (χ1n) is 7.54. The van der Waals surface area contributed by atoms with Crippen LogP contribution in [-0.4, -0.2) is 41.5 Å². The van der Waals surface area contributed by atoms with E-state index in [0.29, 0.717) is 17.2 Å². The molecule has 1 fully saturated rings. The molecule has 0 unspecified atom stereocenters. The summed E-state index contributed by atoms with van der Waals surface area (Å²) < 4.78 is 6.62. The Hall–Kier alpha value is -1.92. The number of carbonyl (C=O) groups excluding carboxylic acids is 1. The molecule has 1 saturated heterocycles. The molecule has 0 spiro atoms. The van der Waals surface area contributed by atoms with Crippen molar-refractivity contribution in [2.45, 2.75) is 13.0 Å². The van der Waals surface area contributed by atoms with Gasteiger partial charge in [0.2, 0.25) is 5.88 Å². The zero-order valence-electron chi connectivity index (χ0n) is 12.8. The molecule has 0 radical (unpaired) electrons. The molecular weight excluding hydrogens is 358 g/mol. The van der Waals surface area contributed by atoms with Gasteiger partial charge in [-0.15, -0.1) is 0 Å². The van der Waals surface area contributed by atoms with E-state index in [9.17, 15) is 4.79 Å². The van der Waals surface area contributed by atoms with Crippen LogP contribution in [0.3, 0.4) is 0 Å². The summed E-state index contributed by atoms with van der Waals surface area (Å²) in [5.74, 6) is 1.18. The molecule has 3 rings (SSSR count). The second kappa shape index (κ2) is 7.10. The number of hydrogen-bond acceptors (Lipinski definition) is 4. The van der Waals surface area contributed by atoms with Gasteiger partial charge in [0, 0.05) is 42.4 Å². The smallest absolute Gasteiger partial charge is 0.255 e. The number of ether oxygens (including phenoxy) is 1. The molecule has 1 aliphatic heterocycles. The molecule has 0 aliphatic carbocycles. The Morgan fingerprint density at radius 2 is 2.26 bits per heavy atom. The lowest BCUT2D eigenvalue weighted by Gasteiger charge is -2.33. The van der Waals surface area contributed by atoms with Gasteiger partial charge in [0.15, 0.2) is 0 Å². The fourth-order valence-corrected chi connectivity index (χ4v) is 2.91. The van der Waals surface area contributed by atoms with E-state index < -0.39 is 0 Å². The summed E-state index contributed by atoms with van der Waals surface area (Å²) in [6, 6.07) is 11.2. The van der Waals surface area contributed by atoms with Crippen molar-refractivity contribution >= 4 is 21.8 Å². The lowest BCUT2D eigenvalue weighted by molar-refractivity contribution is 0.0655. The van der Waals surface area contributed by atoms with E-state index in [1.807, 2.05) is 36.1 Å². The van der Waals surface area contributed by atoms with Gasteiger partial charge in [0.25, 0.3) is 5.91 Å². The molecule has 23 heavy (non-hydrogen) atoms. The summed E-state index contributed by atoms with van der Waals surface area (Å²) in [7, 11) is 0. The Kier molecular flexibility index (Phi) is 4.93. The molecule has 2 aromatic rings. The lowest BCUT2D eigenvalue weighted by Crippen LogP contribution is -2.52. The van der Waals surface area contributed by atoms with Gasteiger partial charge in [-0.3, -0.25) is 4.79 Å². The van der Waals surface area contributed by atoms with Crippen molar-refractivity contribution in [2.24, 2.45) is 0 Å². The number of aromatic nitrogens is 1. The maximum absolute atomic E-state index is 12.5. The molecule has 1 amide bonds. The van der Waals surface area contributed by atoms with Gasteiger partial charge in [-0.25, -0.2) is 4.98 Å². The standard InChI is InChI=1S/C17H18BrN3O2/c1-12-10-19-7-8-21(12)17(22)13-5-6-16(20-11-13)23-15-4-2-3-14(18)9-15/h2-6,9,11-12,19H,7-8,10H2,1H3/t12-/m1/s1. The van der Waals surface area contributed by atoms with Gasteiger partial charge in [0.1, 0.15) is 5.75 Å². The first-order chi connectivity index (χ1) is 11.1. The number of halogens is 1. The zero-order valence-corrected chi connectivity index (χ0v) is 14.4. The minimum Gasteiger partial charge on any atom is -0.439 e. The number of benzene rings is 1. The molecule has 5 nitrogen and oxygen atoms in total. The number of rotatable bonds is 3. The zero-order chi connectivity index (χ0) is 16.2. The third kappa shape index (κ3) is 3.89. The number of amides is 1. The minimum absolute atomic E-state index is 0.0144. The molecule has 1 N–H and O–H groups in total. The highest BCUT2D eigenvalue weighted by Crippen LogP contribution is 2.23. The van der Waals surface area contributed by atoms with E-state index in [4.69, 9.17) is 4.74 Å². The molecule has 0 saturated carbocycles. The van der Waals surface area contributed by atoms with Crippen LogP contribution in [0.15, 0.2) is 47.1 Å². The molecule has 2 heterocycles. The summed E-state index contributed by atoms with van der Waals surface area (Å²) in [6.45, 7) is 4.41. The molecule has 1 aliphatic rings. The molecule has 6 heteroatoms. The van der Waals surface area contributed by atoms with Crippen molar-refractivity contribution in [3.8, 4) is 11.6 Å². The molecular formula is C17H18BrN3O2. The average molecular weight is 376 g/mol. The van der Waals surface area contributed by atoms with Gasteiger partial charge in [-0.1, -0.05) is 22.0 Å². The highest BCUT2D eigenvalue weighted by atomic mass is 79.9. The molecule has 1 atom stereocenters. The maximum Gasteiger partial charge on any atom is 0.255 e. The average Bonchev–Trinajstić information content (AvgIpc) is 2.55. The van der Waals surface area contributed by atoms with Crippen LogP contribution < -0.4 is 10.1 Å². The van der Waals surface area contributed by atoms with Crippen molar-refractivity contribution in [3.63, 3.8) is 0 Å². The summed E-state index contributed by atoms with van der Waals surface area (Å²) in [4.78, 5) is 18.7. The van der Waals surface area contributed by atoms with Crippen LogP contribution >= 0.6 is 15.9 Å². The third-order valence-corrected chi connectivity index (χ3v) is 4.26. The first-order valence-corrected chi connectivity index (χ1v) is 8.34. The Morgan fingerprint density at radius 1 is 1.39 bits per heavy atom. The van der Waals surface area contributed by atoms with Crippen LogP contribution in [0.2, 0.25) is 0 Å². The van der Waals surface area contributed by atoms with Crippen molar-refractivity contribution in [1.82, 2.24) is 15.2 Å². The van der Waals surface area contributed by atoms with Crippen LogP contribution in [-0.2, 0) is 0 Å². The Morgan fingerprint density at radius 3 is 2.96 bits per heavy atom. The van der Waals surface area contributed by atoms with Crippen LogP contribution in [0.5, 0.6) is 11.6 Å². The number of hydrogen-bond donors (Lipinski definition) is 1. The predicted molar refractivity (Wildman–Crippen MR) is 91.8 cm³/mol. The Labute approximate surface area is 143 Å². The highest BCUT2D eigenvalue weighted by molar-refractivity contribution is 9.10. The summed E-state index contributed by atoms with van der Waals surface area (Å²) in [6.07, 6.45) is 1.57. The van der Waals surface area contributed by atoms with Crippen molar-refractivity contribution in [3.05, 3.63) is 52.6 Å². The van der Waals surface area contributed by atoms with Crippen LogP contribution in [0.1, 0.15) is 17.3 Å².